The summed E-state index contributed by atoms with van der Waals surface area (Å²) in [7, 11) is 0. The zero-order chi connectivity index (χ0) is 54.3. The Hall–Kier alpha value is -2.11. The van der Waals surface area contributed by atoms with Crippen molar-refractivity contribution in [3.05, 3.63) is 24.3 Å². The number of carbonyl (C=O) groups excluding carboxylic acids is 3. The number of unbranched alkanes of at least 4 members (excludes halogenated alkanes) is 48. The molecular weight excluding hydrogens is 925 g/mol. The standard InChI is InChI=1S/C69H130O6/c1-4-7-10-13-16-19-22-24-25-26-27-28-29-30-31-32-33-34-35-36-37-38-39-40-41-42-43-45-47-50-53-56-59-62-68(71)74-65-66(64-73-67(70)61-58-55-52-49-46-21-18-15-12-9-6-3)75-69(72)63-60-57-54-51-48-44-23-20-17-14-11-8-5-2/h20,23,26-27,66H,4-19,21-22,24-25,28-65H2,1-3H3/b23-20-,27-26-. The highest BCUT2D eigenvalue weighted by atomic mass is 16.6. The Kier molecular flexibility index (Phi) is 62.6. The van der Waals surface area contributed by atoms with Gasteiger partial charge in [0.05, 0.1) is 0 Å². The second-order valence-corrected chi connectivity index (χ2v) is 23.1. The Morgan fingerprint density at radius 3 is 0.680 bits per heavy atom. The molecule has 1 atom stereocenters. The molecule has 0 aromatic heterocycles. The van der Waals surface area contributed by atoms with Crippen molar-refractivity contribution in [2.45, 2.75) is 386 Å². The summed E-state index contributed by atoms with van der Waals surface area (Å²) in [5, 5.41) is 0. The summed E-state index contributed by atoms with van der Waals surface area (Å²) in [6, 6.07) is 0. The van der Waals surface area contributed by atoms with Crippen molar-refractivity contribution in [1.29, 1.82) is 0 Å². The zero-order valence-electron chi connectivity index (χ0n) is 50.8. The maximum absolute atomic E-state index is 12.8. The molecule has 0 aliphatic rings. The van der Waals surface area contributed by atoms with Gasteiger partial charge in [0.2, 0.25) is 0 Å². The molecule has 75 heavy (non-hydrogen) atoms. The highest BCUT2D eigenvalue weighted by molar-refractivity contribution is 5.71. The fraction of sp³-hybridized carbons (Fsp3) is 0.899. The third-order valence-electron chi connectivity index (χ3n) is 15.4. The quantitative estimate of drug-likeness (QED) is 0.0261. The fourth-order valence-corrected chi connectivity index (χ4v) is 10.3. The van der Waals surface area contributed by atoms with Crippen LogP contribution in [0.4, 0.5) is 0 Å². The first-order valence-electron chi connectivity index (χ1n) is 33.8. The number of esters is 3. The summed E-state index contributed by atoms with van der Waals surface area (Å²) < 4.78 is 16.9. The highest BCUT2D eigenvalue weighted by Gasteiger charge is 2.19. The van der Waals surface area contributed by atoms with Crippen LogP contribution in [0.2, 0.25) is 0 Å². The second-order valence-electron chi connectivity index (χ2n) is 23.1. The van der Waals surface area contributed by atoms with Crippen LogP contribution in [0.3, 0.4) is 0 Å². The van der Waals surface area contributed by atoms with Crippen LogP contribution in [0.25, 0.3) is 0 Å². The second kappa shape index (κ2) is 64.4. The molecule has 0 saturated carbocycles. The molecule has 0 spiro atoms. The van der Waals surface area contributed by atoms with E-state index >= 15 is 0 Å². The SMILES string of the molecule is CCCCCC/C=C\CCCCCCCC(=O)OC(COC(=O)CCCCCCCCCCCCC)COC(=O)CCCCCCCCCCCCCCCCCCCCCCC/C=C\CCCCCCCCCC. The first-order chi connectivity index (χ1) is 37.0. The average molecular weight is 1060 g/mol. The minimum Gasteiger partial charge on any atom is -0.462 e. The largest absolute Gasteiger partial charge is 0.462 e. The van der Waals surface area contributed by atoms with Crippen LogP contribution >= 0.6 is 0 Å². The van der Waals surface area contributed by atoms with Crippen LogP contribution in [0, 0.1) is 0 Å². The Labute approximate surface area is 468 Å². The molecule has 0 aromatic carbocycles. The van der Waals surface area contributed by atoms with Gasteiger partial charge in [0.1, 0.15) is 13.2 Å². The number of hydrogen-bond acceptors (Lipinski definition) is 6. The van der Waals surface area contributed by atoms with Gasteiger partial charge in [-0.2, -0.15) is 0 Å². The summed E-state index contributed by atoms with van der Waals surface area (Å²) in [5.74, 6) is -0.854. The predicted molar refractivity (Wildman–Crippen MR) is 326 cm³/mol. The molecule has 442 valence electrons. The van der Waals surface area contributed by atoms with E-state index in [4.69, 9.17) is 14.2 Å². The van der Waals surface area contributed by atoms with Crippen molar-refractivity contribution in [2.24, 2.45) is 0 Å². The molecule has 0 radical (unpaired) electrons. The minimum atomic E-state index is -0.770. The van der Waals surface area contributed by atoms with Gasteiger partial charge >= 0.3 is 17.9 Å². The molecule has 6 heteroatoms. The summed E-state index contributed by atoms with van der Waals surface area (Å²) in [4.78, 5) is 38.2. The van der Waals surface area contributed by atoms with Crippen molar-refractivity contribution in [2.75, 3.05) is 13.2 Å². The molecule has 0 rings (SSSR count). The highest BCUT2D eigenvalue weighted by Crippen LogP contribution is 2.18. The summed E-state index contributed by atoms with van der Waals surface area (Å²) >= 11 is 0. The third-order valence-corrected chi connectivity index (χ3v) is 15.4. The topological polar surface area (TPSA) is 78.9 Å². The molecule has 0 heterocycles. The Morgan fingerprint density at radius 2 is 0.440 bits per heavy atom. The lowest BCUT2D eigenvalue weighted by molar-refractivity contribution is -0.167. The lowest BCUT2D eigenvalue weighted by Crippen LogP contribution is -2.30. The van der Waals surface area contributed by atoms with Gasteiger partial charge in [-0.25, -0.2) is 0 Å². The van der Waals surface area contributed by atoms with Crippen molar-refractivity contribution >= 4 is 17.9 Å². The lowest BCUT2D eigenvalue weighted by atomic mass is 10.0. The van der Waals surface area contributed by atoms with E-state index in [1.54, 1.807) is 0 Å². The van der Waals surface area contributed by atoms with Gasteiger partial charge in [0.15, 0.2) is 6.10 Å². The lowest BCUT2D eigenvalue weighted by Gasteiger charge is -2.18. The first-order valence-corrected chi connectivity index (χ1v) is 33.8. The molecule has 0 aliphatic carbocycles. The van der Waals surface area contributed by atoms with Crippen molar-refractivity contribution < 1.29 is 28.6 Å². The van der Waals surface area contributed by atoms with E-state index in [1.165, 1.54) is 276 Å². The van der Waals surface area contributed by atoms with Crippen LogP contribution in [0.15, 0.2) is 24.3 Å². The zero-order valence-corrected chi connectivity index (χ0v) is 50.8. The average Bonchev–Trinajstić information content (AvgIpc) is 3.41. The predicted octanol–water partition coefficient (Wildman–Crippen LogP) is 23.0. The Bertz CT molecular complexity index is 1210. The molecule has 6 nitrogen and oxygen atoms in total. The normalized spacial score (nSPS) is 12.1. The fourth-order valence-electron chi connectivity index (χ4n) is 10.3. The molecule has 0 aliphatic heterocycles. The summed E-state index contributed by atoms with van der Waals surface area (Å²) in [5.41, 5.74) is 0. The smallest absolute Gasteiger partial charge is 0.306 e. The number of hydrogen-bond donors (Lipinski definition) is 0. The summed E-state index contributed by atoms with van der Waals surface area (Å²) in [6.07, 6.45) is 78.0. The molecule has 1 unspecified atom stereocenters. The van der Waals surface area contributed by atoms with E-state index in [-0.39, 0.29) is 31.1 Å². The van der Waals surface area contributed by atoms with Crippen LogP contribution < -0.4 is 0 Å². The van der Waals surface area contributed by atoms with E-state index in [0.29, 0.717) is 19.3 Å². The summed E-state index contributed by atoms with van der Waals surface area (Å²) in [6.45, 7) is 6.67. The molecular formula is C69H130O6. The van der Waals surface area contributed by atoms with Gasteiger partial charge in [0, 0.05) is 19.3 Å². The monoisotopic (exact) mass is 1050 g/mol. The van der Waals surface area contributed by atoms with E-state index in [9.17, 15) is 14.4 Å². The van der Waals surface area contributed by atoms with Crippen LogP contribution in [0.5, 0.6) is 0 Å². The van der Waals surface area contributed by atoms with Crippen LogP contribution in [-0.4, -0.2) is 37.2 Å². The Balaban J connectivity index is 4.00. The molecule has 0 saturated heterocycles. The van der Waals surface area contributed by atoms with Gasteiger partial charge in [-0.15, -0.1) is 0 Å². The van der Waals surface area contributed by atoms with Gasteiger partial charge < -0.3 is 14.2 Å². The molecule has 0 fully saturated rings. The van der Waals surface area contributed by atoms with E-state index in [1.807, 2.05) is 0 Å². The van der Waals surface area contributed by atoms with Crippen LogP contribution in [-0.2, 0) is 28.6 Å². The van der Waals surface area contributed by atoms with Crippen molar-refractivity contribution in [3.63, 3.8) is 0 Å². The van der Waals surface area contributed by atoms with Gasteiger partial charge in [-0.3, -0.25) is 14.4 Å². The van der Waals surface area contributed by atoms with Crippen molar-refractivity contribution in [1.82, 2.24) is 0 Å². The minimum absolute atomic E-state index is 0.0687. The Morgan fingerprint density at radius 1 is 0.253 bits per heavy atom. The van der Waals surface area contributed by atoms with Crippen LogP contribution in [0.1, 0.15) is 380 Å². The first kappa shape index (κ1) is 72.9. The van der Waals surface area contributed by atoms with Gasteiger partial charge in [-0.05, 0) is 70.6 Å². The number of ether oxygens (including phenoxy) is 3. The number of carbonyl (C=O) groups is 3. The third kappa shape index (κ3) is 62.6. The molecule has 0 N–H and O–H groups in total. The van der Waals surface area contributed by atoms with E-state index < -0.39 is 6.10 Å². The molecule has 0 bridgehead atoms. The van der Waals surface area contributed by atoms with Gasteiger partial charge in [0.25, 0.3) is 0 Å². The molecule has 0 aromatic rings. The molecule has 0 amide bonds. The number of rotatable bonds is 63. The maximum Gasteiger partial charge on any atom is 0.306 e. The maximum atomic E-state index is 12.8. The van der Waals surface area contributed by atoms with Crippen molar-refractivity contribution in [3.8, 4) is 0 Å². The van der Waals surface area contributed by atoms with E-state index in [0.717, 1.165) is 64.2 Å². The van der Waals surface area contributed by atoms with Gasteiger partial charge in [-0.1, -0.05) is 315 Å². The van der Waals surface area contributed by atoms with E-state index in [2.05, 4.69) is 45.1 Å². The number of allylic oxidation sites excluding steroid dienone is 4.